The third-order valence-electron chi connectivity index (χ3n) is 2.88. The summed E-state index contributed by atoms with van der Waals surface area (Å²) in [5.41, 5.74) is 3.09. The van der Waals surface area contributed by atoms with Crippen LogP contribution in [0.1, 0.15) is 16.7 Å². The van der Waals surface area contributed by atoms with Crippen molar-refractivity contribution < 1.29 is 9.66 Å². The van der Waals surface area contributed by atoms with Crippen molar-refractivity contribution in [1.29, 1.82) is 0 Å². The first-order valence-electron chi connectivity index (χ1n) is 6.12. The van der Waals surface area contributed by atoms with E-state index in [1.807, 2.05) is 25.1 Å². The highest BCUT2D eigenvalue weighted by molar-refractivity contribution is 9.08. The Balaban J connectivity index is 2.12. The predicted octanol–water partition coefficient (Wildman–Crippen LogP) is 4.38. The first kappa shape index (κ1) is 14.5. The van der Waals surface area contributed by atoms with Crippen molar-refractivity contribution in [2.24, 2.45) is 0 Å². The van der Waals surface area contributed by atoms with Gasteiger partial charge in [0.05, 0.1) is 4.92 Å². The van der Waals surface area contributed by atoms with Gasteiger partial charge in [-0.25, -0.2) is 0 Å². The maximum absolute atomic E-state index is 10.7. The van der Waals surface area contributed by atoms with Gasteiger partial charge in [0, 0.05) is 23.0 Å². The summed E-state index contributed by atoms with van der Waals surface area (Å²) in [4.78, 5) is 10.3. The van der Waals surface area contributed by atoms with Gasteiger partial charge in [-0.3, -0.25) is 10.1 Å². The van der Waals surface area contributed by atoms with Crippen LogP contribution in [-0.2, 0) is 11.9 Å². The summed E-state index contributed by atoms with van der Waals surface area (Å²) < 4.78 is 5.75. The number of aryl methyl sites for hydroxylation is 1. The zero-order valence-corrected chi connectivity index (χ0v) is 12.6. The monoisotopic (exact) mass is 335 g/mol. The Kier molecular flexibility index (Phi) is 4.74. The standard InChI is InChI=1S/C15H14BrNO3/c1-11-5-6-15(13(7-11)9-16)20-10-12-3-2-4-14(8-12)17(18)19/h2-8H,9-10H2,1H3. The van der Waals surface area contributed by atoms with E-state index in [0.717, 1.165) is 16.9 Å². The van der Waals surface area contributed by atoms with E-state index < -0.39 is 4.92 Å². The highest BCUT2D eigenvalue weighted by Crippen LogP contribution is 2.24. The normalized spacial score (nSPS) is 10.3. The van der Waals surface area contributed by atoms with Crippen LogP contribution in [0.25, 0.3) is 0 Å². The molecule has 0 aliphatic carbocycles. The van der Waals surface area contributed by atoms with Crippen molar-refractivity contribution in [2.75, 3.05) is 0 Å². The van der Waals surface area contributed by atoms with Crippen LogP contribution in [0.3, 0.4) is 0 Å². The van der Waals surface area contributed by atoms with Crippen LogP contribution in [0.15, 0.2) is 42.5 Å². The van der Waals surface area contributed by atoms with Crippen LogP contribution < -0.4 is 4.74 Å². The minimum absolute atomic E-state index is 0.0794. The molecule has 2 aromatic carbocycles. The highest BCUT2D eigenvalue weighted by Gasteiger charge is 2.07. The van der Waals surface area contributed by atoms with Crippen molar-refractivity contribution >= 4 is 21.6 Å². The fourth-order valence-electron chi connectivity index (χ4n) is 1.87. The second-order valence-corrected chi connectivity index (χ2v) is 5.02. The highest BCUT2D eigenvalue weighted by atomic mass is 79.9. The first-order chi connectivity index (χ1) is 9.60. The number of benzene rings is 2. The molecule has 0 bridgehead atoms. The van der Waals surface area contributed by atoms with Gasteiger partial charge in [0.2, 0.25) is 0 Å². The maximum atomic E-state index is 10.7. The SMILES string of the molecule is Cc1ccc(OCc2cccc([N+](=O)[O-])c2)c(CBr)c1. The van der Waals surface area contributed by atoms with Gasteiger partial charge in [0.25, 0.3) is 5.69 Å². The van der Waals surface area contributed by atoms with Gasteiger partial charge in [0.15, 0.2) is 0 Å². The van der Waals surface area contributed by atoms with E-state index in [1.165, 1.54) is 17.7 Å². The Labute approximate surface area is 125 Å². The van der Waals surface area contributed by atoms with E-state index >= 15 is 0 Å². The Morgan fingerprint density at radius 2 is 2.05 bits per heavy atom. The molecule has 0 spiro atoms. The summed E-state index contributed by atoms with van der Waals surface area (Å²) in [5.74, 6) is 0.791. The number of hydrogen-bond donors (Lipinski definition) is 0. The molecule has 4 nitrogen and oxygen atoms in total. The molecule has 0 heterocycles. The molecular weight excluding hydrogens is 322 g/mol. The summed E-state index contributed by atoms with van der Waals surface area (Å²) in [5, 5.41) is 11.4. The molecule has 0 atom stereocenters. The van der Waals surface area contributed by atoms with Crippen LogP contribution >= 0.6 is 15.9 Å². The largest absolute Gasteiger partial charge is 0.489 e. The lowest BCUT2D eigenvalue weighted by molar-refractivity contribution is -0.384. The summed E-state index contributed by atoms with van der Waals surface area (Å²) in [6.45, 7) is 2.33. The molecule has 2 aromatic rings. The van der Waals surface area contributed by atoms with Gasteiger partial charge in [-0.15, -0.1) is 0 Å². The van der Waals surface area contributed by atoms with E-state index in [-0.39, 0.29) is 5.69 Å². The molecule has 104 valence electrons. The third kappa shape index (κ3) is 3.57. The Hall–Kier alpha value is -1.88. The van der Waals surface area contributed by atoms with Crippen molar-refractivity contribution in [3.05, 3.63) is 69.3 Å². The topological polar surface area (TPSA) is 52.4 Å². The number of alkyl halides is 1. The van der Waals surface area contributed by atoms with Crippen molar-refractivity contribution in [3.8, 4) is 5.75 Å². The van der Waals surface area contributed by atoms with E-state index in [9.17, 15) is 10.1 Å². The molecule has 0 aliphatic heterocycles. The Morgan fingerprint density at radius 1 is 1.25 bits per heavy atom. The zero-order chi connectivity index (χ0) is 14.5. The van der Waals surface area contributed by atoms with Crippen LogP contribution in [0.2, 0.25) is 0 Å². The molecule has 0 N–H and O–H groups in total. The van der Waals surface area contributed by atoms with Crippen molar-refractivity contribution in [1.82, 2.24) is 0 Å². The molecule has 0 fully saturated rings. The molecule has 0 aliphatic rings. The number of non-ortho nitro benzene ring substituents is 1. The quantitative estimate of drug-likeness (QED) is 0.463. The first-order valence-corrected chi connectivity index (χ1v) is 7.24. The third-order valence-corrected chi connectivity index (χ3v) is 3.48. The summed E-state index contributed by atoms with van der Waals surface area (Å²) in [7, 11) is 0. The van der Waals surface area contributed by atoms with Crippen molar-refractivity contribution in [2.45, 2.75) is 18.9 Å². The molecule has 2 rings (SSSR count). The fraction of sp³-hybridized carbons (Fsp3) is 0.200. The van der Waals surface area contributed by atoms with Gasteiger partial charge >= 0.3 is 0 Å². The minimum atomic E-state index is -0.403. The molecular formula is C15H14BrNO3. The molecule has 0 saturated carbocycles. The average Bonchev–Trinajstić information content (AvgIpc) is 2.46. The molecule has 0 aromatic heterocycles. The summed E-state index contributed by atoms with van der Waals surface area (Å²) in [6, 6.07) is 12.4. The molecule has 0 amide bonds. The lowest BCUT2D eigenvalue weighted by atomic mass is 10.1. The van der Waals surface area contributed by atoms with Crippen LogP contribution in [0.4, 0.5) is 5.69 Å². The smallest absolute Gasteiger partial charge is 0.269 e. The lowest BCUT2D eigenvalue weighted by Gasteiger charge is -2.10. The second-order valence-electron chi connectivity index (χ2n) is 4.46. The van der Waals surface area contributed by atoms with E-state index in [2.05, 4.69) is 22.0 Å². The van der Waals surface area contributed by atoms with Crippen LogP contribution in [-0.4, -0.2) is 4.92 Å². The zero-order valence-electron chi connectivity index (χ0n) is 11.0. The van der Waals surface area contributed by atoms with Gasteiger partial charge in [-0.1, -0.05) is 45.8 Å². The van der Waals surface area contributed by atoms with Crippen LogP contribution in [0.5, 0.6) is 5.75 Å². The Morgan fingerprint density at radius 3 is 2.75 bits per heavy atom. The molecule has 5 heteroatoms. The lowest BCUT2D eigenvalue weighted by Crippen LogP contribution is -1.99. The number of halogens is 1. The van der Waals surface area contributed by atoms with E-state index in [0.29, 0.717) is 11.9 Å². The van der Waals surface area contributed by atoms with Crippen LogP contribution in [0, 0.1) is 17.0 Å². The molecule has 0 radical (unpaired) electrons. The fourth-order valence-corrected chi connectivity index (χ4v) is 2.31. The summed E-state index contributed by atoms with van der Waals surface area (Å²) >= 11 is 3.43. The van der Waals surface area contributed by atoms with Crippen molar-refractivity contribution in [3.63, 3.8) is 0 Å². The molecule has 20 heavy (non-hydrogen) atoms. The number of nitrogens with zero attached hydrogens (tertiary/aromatic N) is 1. The van der Waals surface area contributed by atoms with Gasteiger partial charge < -0.3 is 4.74 Å². The number of ether oxygens (including phenoxy) is 1. The minimum Gasteiger partial charge on any atom is -0.489 e. The number of hydrogen-bond acceptors (Lipinski definition) is 3. The number of nitro benzene ring substituents is 1. The summed E-state index contributed by atoms with van der Waals surface area (Å²) in [6.07, 6.45) is 0. The molecule has 0 saturated heterocycles. The number of rotatable bonds is 5. The average molecular weight is 336 g/mol. The Bertz CT molecular complexity index is 628. The van der Waals surface area contributed by atoms with E-state index in [4.69, 9.17) is 4.74 Å². The second kappa shape index (κ2) is 6.52. The van der Waals surface area contributed by atoms with Gasteiger partial charge in [0.1, 0.15) is 12.4 Å². The van der Waals surface area contributed by atoms with Gasteiger partial charge in [-0.05, 0) is 18.6 Å². The van der Waals surface area contributed by atoms with Gasteiger partial charge in [-0.2, -0.15) is 0 Å². The molecule has 0 unspecified atom stereocenters. The van der Waals surface area contributed by atoms with E-state index in [1.54, 1.807) is 6.07 Å². The maximum Gasteiger partial charge on any atom is 0.269 e. The number of nitro groups is 1. The predicted molar refractivity (Wildman–Crippen MR) is 81.2 cm³/mol.